The molecule has 2 unspecified atom stereocenters. The molecule has 4 atom stereocenters. The number of fused-ring (bicyclic) bond motifs is 1. The number of halogens is 2. The van der Waals surface area contributed by atoms with E-state index in [9.17, 15) is 13.6 Å². The molecule has 174 valence electrons. The number of nitrogens with zero attached hydrogens (tertiary/aromatic N) is 1. The van der Waals surface area contributed by atoms with E-state index in [2.05, 4.69) is 6.92 Å². The maximum atomic E-state index is 13.8. The number of carbonyl (C=O) groups is 1. The Morgan fingerprint density at radius 1 is 0.938 bits per heavy atom. The quantitative estimate of drug-likeness (QED) is 0.358. The Labute approximate surface area is 190 Å². The molecular formula is C27H35F2NO2. The summed E-state index contributed by atoms with van der Waals surface area (Å²) in [4.78, 5) is 12.6. The number of esters is 1. The molecule has 32 heavy (non-hydrogen) atoms. The molecule has 0 aliphatic heterocycles. The first-order valence-corrected chi connectivity index (χ1v) is 12.6. The lowest BCUT2D eigenvalue weighted by atomic mass is 9.60. The number of ether oxygens (including phenoxy) is 1. The summed E-state index contributed by atoms with van der Waals surface area (Å²) in [5.41, 5.74) is -0.654. The number of rotatable bonds is 5. The second kappa shape index (κ2) is 10.3. The van der Waals surface area contributed by atoms with Gasteiger partial charge in [-0.05, 0) is 87.4 Å². The van der Waals surface area contributed by atoms with E-state index in [1.54, 1.807) is 0 Å². The highest BCUT2D eigenvalue weighted by atomic mass is 19.1. The molecule has 0 N–H and O–H groups in total. The molecule has 3 fully saturated rings. The lowest BCUT2D eigenvalue weighted by Crippen LogP contribution is -2.35. The van der Waals surface area contributed by atoms with Crippen LogP contribution >= 0.6 is 0 Å². The maximum Gasteiger partial charge on any atom is 0.314 e. The molecule has 3 nitrogen and oxygen atoms in total. The molecule has 0 amide bonds. The van der Waals surface area contributed by atoms with Crippen LogP contribution in [0.4, 0.5) is 8.78 Å². The van der Waals surface area contributed by atoms with Crippen molar-refractivity contribution < 1.29 is 18.3 Å². The van der Waals surface area contributed by atoms with E-state index in [0.29, 0.717) is 5.92 Å². The minimum Gasteiger partial charge on any atom is -0.426 e. The molecule has 1 aromatic rings. The third-order valence-electron chi connectivity index (χ3n) is 8.58. The Hall–Kier alpha value is -1.96. The molecule has 5 heteroatoms. The number of benzene rings is 1. The fraction of sp³-hybridized carbons (Fsp3) is 0.704. The van der Waals surface area contributed by atoms with Crippen LogP contribution in [0, 0.1) is 58.5 Å². The van der Waals surface area contributed by atoms with Crippen molar-refractivity contribution in [2.75, 3.05) is 0 Å². The van der Waals surface area contributed by atoms with E-state index >= 15 is 0 Å². The van der Waals surface area contributed by atoms with E-state index in [4.69, 9.17) is 10.00 Å². The standard InChI is InChI=1S/C27H35F2NO2/c1-2-3-17-4-5-22-13-21(11-10-20(22)12-17)18-6-8-19(9-7-18)27(31)32-23-14-25(28)24(16-30)26(29)15-23/h14-15,17-22H,2-13H2,1H3/t17?,18?,19?,20-,21?,22+/m0/s1. The molecule has 0 aromatic heterocycles. The topological polar surface area (TPSA) is 50.1 Å². The highest BCUT2D eigenvalue weighted by Crippen LogP contribution is 2.49. The Kier molecular flexibility index (Phi) is 7.48. The zero-order valence-corrected chi connectivity index (χ0v) is 19.1. The predicted octanol–water partition coefficient (Wildman–Crippen LogP) is 7.18. The van der Waals surface area contributed by atoms with E-state index in [0.717, 1.165) is 61.5 Å². The van der Waals surface area contributed by atoms with Crippen molar-refractivity contribution in [1.82, 2.24) is 0 Å². The lowest BCUT2D eigenvalue weighted by Gasteiger charge is -2.45. The second-order valence-electron chi connectivity index (χ2n) is 10.5. The molecule has 3 aliphatic rings. The van der Waals surface area contributed by atoms with Crippen molar-refractivity contribution in [3.63, 3.8) is 0 Å². The Bertz CT molecular complexity index is 833. The van der Waals surface area contributed by atoms with Gasteiger partial charge in [0.25, 0.3) is 0 Å². The summed E-state index contributed by atoms with van der Waals surface area (Å²) in [5, 5.41) is 8.77. The average molecular weight is 444 g/mol. The summed E-state index contributed by atoms with van der Waals surface area (Å²) in [5.74, 6) is 1.49. The molecule has 0 bridgehead atoms. The predicted molar refractivity (Wildman–Crippen MR) is 119 cm³/mol. The zero-order chi connectivity index (χ0) is 22.7. The second-order valence-corrected chi connectivity index (χ2v) is 10.5. The third-order valence-corrected chi connectivity index (χ3v) is 8.58. The molecule has 0 heterocycles. The van der Waals surface area contributed by atoms with Gasteiger partial charge in [-0.25, -0.2) is 8.78 Å². The molecule has 3 saturated carbocycles. The van der Waals surface area contributed by atoms with Crippen LogP contribution in [-0.4, -0.2) is 5.97 Å². The van der Waals surface area contributed by atoms with Gasteiger partial charge in [-0.15, -0.1) is 0 Å². The average Bonchev–Trinajstić information content (AvgIpc) is 2.79. The van der Waals surface area contributed by atoms with Gasteiger partial charge >= 0.3 is 5.97 Å². The van der Waals surface area contributed by atoms with Crippen LogP contribution < -0.4 is 4.74 Å². The zero-order valence-electron chi connectivity index (χ0n) is 19.1. The summed E-state index contributed by atoms with van der Waals surface area (Å²) in [6, 6.07) is 3.31. The largest absolute Gasteiger partial charge is 0.426 e. The van der Waals surface area contributed by atoms with Gasteiger partial charge in [-0.3, -0.25) is 4.79 Å². The van der Waals surface area contributed by atoms with Crippen LogP contribution in [0.2, 0.25) is 0 Å². The van der Waals surface area contributed by atoms with Gasteiger partial charge in [0, 0.05) is 12.1 Å². The first-order valence-electron chi connectivity index (χ1n) is 12.6. The highest BCUT2D eigenvalue weighted by molar-refractivity contribution is 5.75. The molecule has 0 spiro atoms. The molecular weight excluding hydrogens is 408 g/mol. The number of nitriles is 1. The van der Waals surface area contributed by atoms with Crippen molar-refractivity contribution in [3.05, 3.63) is 29.3 Å². The van der Waals surface area contributed by atoms with Crippen molar-refractivity contribution >= 4 is 5.97 Å². The van der Waals surface area contributed by atoms with E-state index in [1.165, 1.54) is 57.4 Å². The van der Waals surface area contributed by atoms with Crippen LogP contribution in [0.25, 0.3) is 0 Å². The van der Waals surface area contributed by atoms with Crippen LogP contribution in [-0.2, 0) is 4.79 Å². The normalized spacial score (nSPS) is 32.6. The van der Waals surface area contributed by atoms with Gasteiger partial charge in [0.1, 0.15) is 29.0 Å². The Balaban J connectivity index is 1.26. The summed E-state index contributed by atoms with van der Waals surface area (Å²) in [6.07, 6.45) is 14.7. The lowest BCUT2D eigenvalue weighted by molar-refractivity contribution is -0.140. The van der Waals surface area contributed by atoms with Gasteiger partial charge in [0.2, 0.25) is 0 Å². The van der Waals surface area contributed by atoms with Crippen molar-refractivity contribution in [2.45, 2.75) is 84.0 Å². The SMILES string of the molecule is CCCC1CC[C@@H]2CC(C3CCC(C(=O)Oc4cc(F)c(C#N)c(F)c4)CC3)CC[C@H]2C1. The molecule has 3 aliphatic carbocycles. The van der Waals surface area contributed by atoms with Crippen LogP contribution in [0.1, 0.15) is 89.5 Å². The van der Waals surface area contributed by atoms with Crippen LogP contribution in [0.5, 0.6) is 5.75 Å². The van der Waals surface area contributed by atoms with Gasteiger partial charge in [0.05, 0.1) is 5.92 Å². The van der Waals surface area contributed by atoms with E-state index < -0.39 is 23.2 Å². The number of carbonyl (C=O) groups excluding carboxylic acids is 1. The minimum atomic E-state index is -1.00. The van der Waals surface area contributed by atoms with Gasteiger partial charge < -0.3 is 4.74 Å². The van der Waals surface area contributed by atoms with Crippen LogP contribution in [0.15, 0.2) is 12.1 Å². The van der Waals surface area contributed by atoms with Gasteiger partial charge in [-0.1, -0.05) is 26.2 Å². The minimum absolute atomic E-state index is 0.164. The molecule has 4 rings (SSSR count). The fourth-order valence-electron chi connectivity index (χ4n) is 6.86. The van der Waals surface area contributed by atoms with Crippen molar-refractivity contribution in [1.29, 1.82) is 5.26 Å². The van der Waals surface area contributed by atoms with Crippen LogP contribution in [0.3, 0.4) is 0 Å². The van der Waals surface area contributed by atoms with Gasteiger partial charge in [0.15, 0.2) is 0 Å². The number of hydrogen-bond donors (Lipinski definition) is 0. The first-order chi connectivity index (χ1) is 15.5. The van der Waals surface area contributed by atoms with Crippen molar-refractivity contribution in [3.8, 4) is 11.8 Å². The van der Waals surface area contributed by atoms with Gasteiger partial charge in [-0.2, -0.15) is 5.26 Å². The first kappa shape index (κ1) is 23.2. The fourth-order valence-corrected chi connectivity index (χ4v) is 6.86. The Morgan fingerprint density at radius 2 is 1.50 bits per heavy atom. The Morgan fingerprint density at radius 3 is 2.12 bits per heavy atom. The smallest absolute Gasteiger partial charge is 0.314 e. The highest BCUT2D eigenvalue weighted by Gasteiger charge is 2.39. The number of hydrogen-bond acceptors (Lipinski definition) is 3. The van der Waals surface area contributed by atoms with E-state index in [-0.39, 0.29) is 11.7 Å². The molecule has 0 saturated heterocycles. The molecule has 1 aromatic carbocycles. The molecule has 0 radical (unpaired) electrons. The van der Waals surface area contributed by atoms with E-state index in [1.807, 2.05) is 0 Å². The van der Waals surface area contributed by atoms with Crippen molar-refractivity contribution in [2.24, 2.45) is 35.5 Å². The maximum absolute atomic E-state index is 13.8. The summed E-state index contributed by atoms with van der Waals surface area (Å²) >= 11 is 0. The third kappa shape index (κ3) is 5.16. The monoisotopic (exact) mass is 443 g/mol. The summed E-state index contributed by atoms with van der Waals surface area (Å²) < 4.78 is 32.8. The summed E-state index contributed by atoms with van der Waals surface area (Å²) in [6.45, 7) is 2.30. The summed E-state index contributed by atoms with van der Waals surface area (Å²) in [7, 11) is 0.